The van der Waals surface area contributed by atoms with Gasteiger partial charge in [0.05, 0.1) is 23.4 Å². The summed E-state index contributed by atoms with van der Waals surface area (Å²) >= 11 is 0. The Morgan fingerprint density at radius 3 is 2.31 bits per heavy atom. The monoisotopic (exact) mass is 428 g/mol. The largest absolute Gasteiger partial charge is 0.494 e. The number of carbonyl (C=O) groups is 3. The van der Waals surface area contributed by atoms with Crippen LogP contribution in [0.3, 0.4) is 0 Å². The van der Waals surface area contributed by atoms with Gasteiger partial charge in [-0.3, -0.25) is 14.4 Å². The number of hydrogen-bond acceptors (Lipinski definition) is 4. The number of benzene rings is 3. The lowest BCUT2D eigenvalue weighted by molar-refractivity contribution is -0.116. The summed E-state index contributed by atoms with van der Waals surface area (Å²) < 4.78 is 5.71. The first-order chi connectivity index (χ1) is 15.5. The summed E-state index contributed by atoms with van der Waals surface area (Å²) in [6.07, 6.45) is 1.81. The van der Waals surface area contributed by atoms with Crippen LogP contribution in [0.1, 0.15) is 45.5 Å². The molecule has 0 atom stereocenters. The second-order valence-electron chi connectivity index (χ2n) is 7.71. The number of carbonyl (C=O) groups excluding carboxylic acids is 3. The molecule has 32 heavy (non-hydrogen) atoms. The minimum Gasteiger partial charge on any atom is -0.494 e. The lowest BCUT2D eigenvalue weighted by atomic mass is 10.1. The summed E-state index contributed by atoms with van der Waals surface area (Å²) in [5.41, 5.74) is 2.89. The van der Waals surface area contributed by atoms with E-state index >= 15 is 0 Å². The number of anilines is 2. The highest BCUT2D eigenvalue weighted by Crippen LogP contribution is 2.29. The molecule has 0 spiro atoms. The lowest BCUT2D eigenvalue weighted by Crippen LogP contribution is -2.29. The summed E-state index contributed by atoms with van der Waals surface area (Å²) in [5, 5.41) is 2.84. The minimum atomic E-state index is -0.359. The predicted octanol–water partition coefficient (Wildman–Crippen LogP) is 4.98. The first-order valence-corrected chi connectivity index (χ1v) is 10.6. The van der Waals surface area contributed by atoms with Gasteiger partial charge in [0.15, 0.2) is 0 Å². The Morgan fingerprint density at radius 2 is 1.59 bits per heavy atom. The number of fused-ring (bicyclic) bond motifs is 1. The Morgan fingerprint density at radius 1 is 0.875 bits per heavy atom. The van der Waals surface area contributed by atoms with Gasteiger partial charge >= 0.3 is 0 Å². The standard InChI is InChI=1S/C26H24N2O4/c1-18-8-6-11-21(16-18)32-15-5-4-14-24(29)27-19-9-7-10-20(17-19)28-25(30)22-12-2-3-13-23(22)26(28)31/h2-3,6-13,16-17H,4-5,14-15H2,1H3,(H,27,29). The predicted molar refractivity (Wildman–Crippen MR) is 123 cm³/mol. The van der Waals surface area contributed by atoms with Crippen molar-refractivity contribution >= 4 is 29.1 Å². The molecule has 6 heteroatoms. The molecule has 6 nitrogen and oxygen atoms in total. The highest BCUT2D eigenvalue weighted by Gasteiger charge is 2.36. The summed E-state index contributed by atoms with van der Waals surface area (Å²) in [6.45, 7) is 2.56. The normalized spacial score (nSPS) is 12.6. The molecule has 4 rings (SSSR count). The molecule has 0 unspecified atom stereocenters. The summed E-state index contributed by atoms with van der Waals surface area (Å²) in [7, 11) is 0. The fourth-order valence-corrected chi connectivity index (χ4v) is 3.65. The Labute approximate surface area is 186 Å². The van der Waals surface area contributed by atoms with Gasteiger partial charge in [-0.25, -0.2) is 4.90 Å². The number of hydrogen-bond donors (Lipinski definition) is 1. The molecule has 1 aliphatic rings. The molecule has 0 radical (unpaired) electrons. The van der Waals surface area contributed by atoms with Gasteiger partial charge in [0.25, 0.3) is 11.8 Å². The zero-order valence-corrected chi connectivity index (χ0v) is 17.8. The minimum absolute atomic E-state index is 0.125. The molecule has 162 valence electrons. The number of unbranched alkanes of at least 4 members (excludes halogenated alkanes) is 1. The number of ether oxygens (including phenoxy) is 1. The molecule has 0 aliphatic carbocycles. The number of nitrogens with one attached hydrogen (secondary N) is 1. The van der Waals surface area contributed by atoms with Crippen LogP contribution in [0, 0.1) is 6.92 Å². The van der Waals surface area contributed by atoms with Gasteiger partial charge < -0.3 is 10.1 Å². The first-order valence-electron chi connectivity index (χ1n) is 10.6. The molecule has 0 aromatic heterocycles. The molecule has 1 N–H and O–H groups in total. The smallest absolute Gasteiger partial charge is 0.266 e. The molecule has 3 aromatic carbocycles. The third-order valence-corrected chi connectivity index (χ3v) is 5.24. The highest BCUT2D eigenvalue weighted by molar-refractivity contribution is 6.34. The van der Waals surface area contributed by atoms with Crippen molar-refractivity contribution in [3.63, 3.8) is 0 Å². The second kappa shape index (κ2) is 9.47. The van der Waals surface area contributed by atoms with Crippen LogP contribution in [-0.4, -0.2) is 24.3 Å². The quantitative estimate of drug-likeness (QED) is 0.405. The average molecular weight is 428 g/mol. The van der Waals surface area contributed by atoms with Crippen molar-refractivity contribution in [1.29, 1.82) is 0 Å². The van der Waals surface area contributed by atoms with Crippen molar-refractivity contribution in [3.05, 3.63) is 89.5 Å². The number of aryl methyl sites for hydroxylation is 1. The Hall–Kier alpha value is -3.93. The van der Waals surface area contributed by atoms with Crippen LogP contribution in [0.25, 0.3) is 0 Å². The first kappa shape index (κ1) is 21.3. The molecule has 3 aromatic rings. The van der Waals surface area contributed by atoms with Gasteiger partial charge in [0.2, 0.25) is 5.91 Å². The maximum Gasteiger partial charge on any atom is 0.266 e. The number of rotatable bonds is 8. The van der Waals surface area contributed by atoms with Crippen molar-refractivity contribution < 1.29 is 19.1 Å². The van der Waals surface area contributed by atoms with E-state index in [1.54, 1.807) is 48.5 Å². The van der Waals surface area contributed by atoms with E-state index < -0.39 is 0 Å². The van der Waals surface area contributed by atoms with Crippen LogP contribution in [-0.2, 0) is 4.79 Å². The number of amides is 3. The van der Waals surface area contributed by atoms with Crippen LogP contribution in [0.15, 0.2) is 72.8 Å². The number of nitrogens with zero attached hydrogens (tertiary/aromatic N) is 1. The van der Waals surface area contributed by atoms with E-state index in [9.17, 15) is 14.4 Å². The maximum absolute atomic E-state index is 12.7. The van der Waals surface area contributed by atoms with Crippen LogP contribution in [0.4, 0.5) is 11.4 Å². The fourth-order valence-electron chi connectivity index (χ4n) is 3.65. The lowest BCUT2D eigenvalue weighted by Gasteiger charge is -2.15. The van der Waals surface area contributed by atoms with E-state index in [-0.39, 0.29) is 17.7 Å². The zero-order chi connectivity index (χ0) is 22.5. The zero-order valence-electron chi connectivity index (χ0n) is 17.8. The Kier molecular flexibility index (Phi) is 6.31. The molecule has 0 fully saturated rings. The van der Waals surface area contributed by atoms with Gasteiger partial charge in [-0.2, -0.15) is 0 Å². The van der Waals surface area contributed by atoms with E-state index in [2.05, 4.69) is 5.32 Å². The maximum atomic E-state index is 12.7. The van der Waals surface area contributed by atoms with Crippen LogP contribution in [0.2, 0.25) is 0 Å². The van der Waals surface area contributed by atoms with E-state index in [1.807, 2.05) is 31.2 Å². The summed E-state index contributed by atoms with van der Waals surface area (Å²) in [5.74, 6) is -0.00939. The van der Waals surface area contributed by atoms with E-state index in [1.165, 1.54) is 0 Å². The molecule has 0 saturated heterocycles. The summed E-state index contributed by atoms with van der Waals surface area (Å²) in [4.78, 5) is 38.8. The summed E-state index contributed by atoms with van der Waals surface area (Å²) in [6, 6.07) is 21.4. The Balaban J connectivity index is 1.29. The van der Waals surface area contributed by atoms with Crippen molar-refractivity contribution in [1.82, 2.24) is 0 Å². The number of imide groups is 1. The van der Waals surface area contributed by atoms with Crippen LogP contribution >= 0.6 is 0 Å². The van der Waals surface area contributed by atoms with E-state index in [0.717, 1.165) is 22.6 Å². The van der Waals surface area contributed by atoms with Crippen molar-refractivity contribution in [2.24, 2.45) is 0 Å². The van der Waals surface area contributed by atoms with Gasteiger partial charge in [-0.1, -0.05) is 30.3 Å². The molecule has 1 heterocycles. The third-order valence-electron chi connectivity index (χ3n) is 5.24. The average Bonchev–Trinajstić information content (AvgIpc) is 3.04. The topological polar surface area (TPSA) is 75.7 Å². The third kappa shape index (κ3) is 4.70. The molecule has 0 saturated carbocycles. The Bertz CT molecular complexity index is 1140. The van der Waals surface area contributed by atoms with Crippen LogP contribution < -0.4 is 15.0 Å². The highest BCUT2D eigenvalue weighted by atomic mass is 16.5. The van der Waals surface area contributed by atoms with Gasteiger partial charge in [0, 0.05) is 12.1 Å². The second-order valence-corrected chi connectivity index (χ2v) is 7.71. The SMILES string of the molecule is Cc1cccc(OCCCCC(=O)Nc2cccc(N3C(=O)c4ccccc4C3=O)c2)c1. The van der Waals surface area contributed by atoms with E-state index in [4.69, 9.17) is 4.74 Å². The van der Waals surface area contributed by atoms with Gasteiger partial charge in [0.1, 0.15) is 5.75 Å². The molecular formula is C26H24N2O4. The van der Waals surface area contributed by atoms with Gasteiger partial charge in [-0.05, 0) is 67.8 Å². The van der Waals surface area contributed by atoms with Crippen molar-refractivity contribution in [2.45, 2.75) is 26.2 Å². The molecule has 0 bridgehead atoms. The van der Waals surface area contributed by atoms with Crippen molar-refractivity contribution in [2.75, 3.05) is 16.8 Å². The van der Waals surface area contributed by atoms with Crippen molar-refractivity contribution in [3.8, 4) is 5.75 Å². The molecular weight excluding hydrogens is 404 g/mol. The van der Waals surface area contributed by atoms with E-state index in [0.29, 0.717) is 42.0 Å². The van der Waals surface area contributed by atoms with Gasteiger partial charge in [-0.15, -0.1) is 0 Å². The fraction of sp³-hybridized carbons (Fsp3) is 0.192. The molecule has 3 amide bonds. The molecule has 1 aliphatic heterocycles. The van der Waals surface area contributed by atoms with Crippen LogP contribution in [0.5, 0.6) is 5.75 Å².